The number of nitrogens with zero attached hydrogens (tertiary/aromatic N) is 6. The van der Waals surface area contributed by atoms with Gasteiger partial charge in [-0.05, 0) is 39.2 Å². The number of aromatic nitrogens is 4. The molecule has 166 valence electrons. The van der Waals surface area contributed by atoms with Crippen molar-refractivity contribution in [3.63, 3.8) is 0 Å². The van der Waals surface area contributed by atoms with E-state index in [9.17, 15) is 4.79 Å². The SMILES string of the molecule is CCCN1C(=O)CCc2c(C)nc(C3CCCCN3Cc3cnc(C(C)C)nc3)nc21. The van der Waals surface area contributed by atoms with Crippen LogP contribution in [0.15, 0.2) is 12.4 Å². The van der Waals surface area contributed by atoms with E-state index in [4.69, 9.17) is 9.97 Å². The van der Waals surface area contributed by atoms with Gasteiger partial charge in [0, 0.05) is 54.6 Å². The number of amides is 1. The molecule has 7 heteroatoms. The van der Waals surface area contributed by atoms with Gasteiger partial charge in [-0.1, -0.05) is 27.2 Å². The van der Waals surface area contributed by atoms with E-state index in [0.29, 0.717) is 12.3 Å². The number of fused-ring (bicyclic) bond motifs is 1. The van der Waals surface area contributed by atoms with Crippen molar-refractivity contribution < 1.29 is 4.79 Å². The second-order valence-corrected chi connectivity index (χ2v) is 9.10. The minimum Gasteiger partial charge on any atom is -0.296 e. The highest BCUT2D eigenvalue weighted by Crippen LogP contribution is 2.34. The van der Waals surface area contributed by atoms with E-state index in [2.05, 4.69) is 42.6 Å². The van der Waals surface area contributed by atoms with Crippen LogP contribution >= 0.6 is 0 Å². The summed E-state index contributed by atoms with van der Waals surface area (Å²) in [5, 5.41) is 0. The number of aryl methyl sites for hydroxylation is 1. The summed E-state index contributed by atoms with van der Waals surface area (Å²) in [6, 6.07) is 0.156. The van der Waals surface area contributed by atoms with E-state index in [1.54, 1.807) is 0 Å². The first kappa shape index (κ1) is 21.8. The van der Waals surface area contributed by atoms with Crippen molar-refractivity contribution >= 4 is 11.7 Å². The summed E-state index contributed by atoms with van der Waals surface area (Å²) in [7, 11) is 0. The predicted molar refractivity (Wildman–Crippen MR) is 121 cm³/mol. The molecule has 2 aromatic rings. The number of hydrogen-bond acceptors (Lipinski definition) is 6. The van der Waals surface area contributed by atoms with Crippen molar-refractivity contribution in [3.8, 4) is 0 Å². The Bertz CT molecular complexity index is 926. The van der Waals surface area contributed by atoms with Crippen LogP contribution in [0.5, 0.6) is 0 Å². The average molecular weight is 423 g/mol. The third-order valence-electron chi connectivity index (χ3n) is 6.34. The normalized spacial score (nSPS) is 19.7. The van der Waals surface area contributed by atoms with Gasteiger partial charge in [0.25, 0.3) is 0 Å². The lowest BCUT2D eigenvalue weighted by Crippen LogP contribution is -2.39. The Morgan fingerprint density at radius 2 is 1.90 bits per heavy atom. The Morgan fingerprint density at radius 1 is 1.13 bits per heavy atom. The van der Waals surface area contributed by atoms with Gasteiger partial charge in [-0.3, -0.25) is 14.6 Å². The fraction of sp³-hybridized carbons (Fsp3) is 0.625. The van der Waals surface area contributed by atoms with Gasteiger partial charge in [-0.25, -0.2) is 19.9 Å². The molecule has 0 aliphatic carbocycles. The van der Waals surface area contributed by atoms with E-state index in [1.165, 1.54) is 12.8 Å². The number of carbonyl (C=O) groups is 1. The third kappa shape index (κ3) is 4.61. The molecule has 0 bridgehead atoms. The van der Waals surface area contributed by atoms with Crippen molar-refractivity contribution in [2.24, 2.45) is 0 Å². The summed E-state index contributed by atoms with van der Waals surface area (Å²) in [5.74, 6) is 3.09. The zero-order chi connectivity index (χ0) is 22.0. The number of carbonyl (C=O) groups excluding carboxylic acids is 1. The minimum absolute atomic E-state index is 0.156. The zero-order valence-corrected chi connectivity index (χ0v) is 19.3. The number of anilines is 1. The summed E-state index contributed by atoms with van der Waals surface area (Å²) in [6.07, 6.45) is 9.50. The highest BCUT2D eigenvalue weighted by atomic mass is 16.2. The second-order valence-electron chi connectivity index (χ2n) is 9.10. The van der Waals surface area contributed by atoms with Gasteiger partial charge in [0.1, 0.15) is 17.5 Å². The Kier molecular flexibility index (Phi) is 6.60. The number of likely N-dealkylation sites (tertiary alicyclic amines) is 1. The predicted octanol–water partition coefficient (Wildman–Crippen LogP) is 4.11. The molecule has 1 atom stereocenters. The molecule has 2 aliphatic heterocycles. The van der Waals surface area contributed by atoms with Crippen LogP contribution in [0, 0.1) is 6.92 Å². The van der Waals surface area contributed by atoms with Crippen LogP contribution in [0.1, 0.15) is 93.3 Å². The van der Waals surface area contributed by atoms with Gasteiger partial charge in [-0.2, -0.15) is 0 Å². The molecule has 31 heavy (non-hydrogen) atoms. The molecule has 1 saturated heterocycles. The monoisotopic (exact) mass is 422 g/mol. The van der Waals surface area contributed by atoms with Crippen molar-refractivity contribution in [2.45, 2.75) is 84.7 Å². The fourth-order valence-electron chi connectivity index (χ4n) is 4.66. The maximum atomic E-state index is 12.6. The lowest BCUT2D eigenvalue weighted by atomic mass is 9.99. The van der Waals surface area contributed by atoms with E-state index >= 15 is 0 Å². The standard InChI is InChI=1S/C24H34N6O/c1-5-11-30-21(31)10-9-19-17(4)27-23(28-24(19)30)20-8-6-7-12-29(20)15-18-13-25-22(16(2)3)26-14-18/h13-14,16,20H,5-12,15H2,1-4H3. The van der Waals surface area contributed by atoms with E-state index in [0.717, 1.165) is 73.2 Å². The zero-order valence-electron chi connectivity index (χ0n) is 19.3. The topological polar surface area (TPSA) is 75.1 Å². The molecule has 4 heterocycles. The molecule has 1 unspecified atom stereocenters. The van der Waals surface area contributed by atoms with Gasteiger partial charge in [0.05, 0.1) is 6.04 Å². The molecule has 0 radical (unpaired) electrons. The molecule has 0 saturated carbocycles. The lowest BCUT2D eigenvalue weighted by molar-refractivity contribution is -0.119. The van der Waals surface area contributed by atoms with Crippen LogP contribution in [0.3, 0.4) is 0 Å². The first-order valence-electron chi connectivity index (χ1n) is 11.7. The van der Waals surface area contributed by atoms with Crippen LogP contribution in [0.4, 0.5) is 5.82 Å². The van der Waals surface area contributed by atoms with E-state index < -0.39 is 0 Å². The molecule has 0 spiro atoms. The van der Waals surface area contributed by atoms with Gasteiger partial charge < -0.3 is 0 Å². The van der Waals surface area contributed by atoms with Gasteiger partial charge >= 0.3 is 0 Å². The van der Waals surface area contributed by atoms with Gasteiger partial charge in [0.15, 0.2) is 0 Å². The Morgan fingerprint density at radius 3 is 2.61 bits per heavy atom. The Balaban J connectivity index is 1.62. The first-order valence-corrected chi connectivity index (χ1v) is 11.7. The minimum atomic E-state index is 0.156. The van der Waals surface area contributed by atoms with Crippen LogP contribution in [0.2, 0.25) is 0 Å². The fourth-order valence-corrected chi connectivity index (χ4v) is 4.66. The van der Waals surface area contributed by atoms with Gasteiger partial charge in [0.2, 0.25) is 5.91 Å². The van der Waals surface area contributed by atoms with Crippen molar-refractivity contribution in [1.29, 1.82) is 0 Å². The first-order chi connectivity index (χ1) is 15.0. The highest BCUT2D eigenvalue weighted by molar-refractivity contribution is 5.95. The summed E-state index contributed by atoms with van der Waals surface area (Å²) in [5.41, 5.74) is 3.27. The molecule has 0 aromatic carbocycles. The number of piperidine rings is 1. The maximum absolute atomic E-state index is 12.6. The molecule has 1 amide bonds. The summed E-state index contributed by atoms with van der Waals surface area (Å²) < 4.78 is 0. The van der Waals surface area contributed by atoms with Crippen molar-refractivity contribution in [3.05, 3.63) is 40.9 Å². The largest absolute Gasteiger partial charge is 0.296 e. The molecular weight excluding hydrogens is 388 g/mol. The highest BCUT2D eigenvalue weighted by Gasteiger charge is 2.31. The quantitative estimate of drug-likeness (QED) is 0.697. The van der Waals surface area contributed by atoms with Crippen LogP contribution in [-0.2, 0) is 17.8 Å². The maximum Gasteiger partial charge on any atom is 0.228 e. The van der Waals surface area contributed by atoms with E-state index in [1.807, 2.05) is 17.3 Å². The number of rotatable bonds is 6. The molecule has 0 N–H and O–H groups in total. The summed E-state index contributed by atoms with van der Waals surface area (Å²) in [4.78, 5) is 35.9. The van der Waals surface area contributed by atoms with Crippen LogP contribution < -0.4 is 4.90 Å². The average Bonchev–Trinajstić information content (AvgIpc) is 2.76. The second kappa shape index (κ2) is 9.39. The molecular formula is C24H34N6O. The van der Waals surface area contributed by atoms with E-state index in [-0.39, 0.29) is 11.9 Å². The summed E-state index contributed by atoms with van der Waals surface area (Å²) in [6.45, 7) is 10.9. The van der Waals surface area contributed by atoms with Crippen LogP contribution in [-0.4, -0.2) is 43.8 Å². The molecule has 7 nitrogen and oxygen atoms in total. The molecule has 1 fully saturated rings. The van der Waals surface area contributed by atoms with Crippen molar-refractivity contribution in [1.82, 2.24) is 24.8 Å². The molecule has 4 rings (SSSR count). The summed E-state index contributed by atoms with van der Waals surface area (Å²) >= 11 is 0. The van der Waals surface area contributed by atoms with Crippen LogP contribution in [0.25, 0.3) is 0 Å². The van der Waals surface area contributed by atoms with Gasteiger partial charge in [-0.15, -0.1) is 0 Å². The molecule has 2 aromatic heterocycles. The smallest absolute Gasteiger partial charge is 0.228 e. The Labute approximate surface area is 185 Å². The van der Waals surface area contributed by atoms with Crippen molar-refractivity contribution in [2.75, 3.05) is 18.0 Å². The lowest BCUT2D eigenvalue weighted by Gasteiger charge is -2.36. The molecule has 2 aliphatic rings. The number of hydrogen-bond donors (Lipinski definition) is 0. The third-order valence-corrected chi connectivity index (χ3v) is 6.34. The Hall–Kier alpha value is -2.41.